The summed E-state index contributed by atoms with van der Waals surface area (Å²) >= 11 is 0. The van der Waals surface area contributed by atoms with E-state index < -0.39 is 11.1 Å². The van der Waals surface area contributed by atoms with Gasteiger partial charge in [0.2, 0.25) is 0 Å². The molecule has 4 aliphatic rings. The summed E-state index contributed by atoms with van der Waals surface area (Å²) < 4.78 is 22.2. The number of ketones is 1. The van der Waals surface area contributed by atoms with Crippen molar-refractivity contribution in [1.82, 2.24) is 0 Å². The van der Waals surface area contributed by atoms with Crippen LogP contribution in [0.15, 0.2) is 23.5 Å². The van der Waals surface area contributed by atoms with Crippen molar-refractivity contribution in [2.75, 3.05) is 13.7 Å². The van der Waals surface area contributed by atoms with Gasteiger partial charge in [0.15, 0.2) is 5.78 Å². The molecule has 144 valence electrons. The van der Waals surface area contributed by atoms with Crippen molar-refractivity contribution < 1.29 is 19.0 Å². The molecule has 0 aliphatic heterocycles. The quantitative estimate of drug-likeness (QED) is 0.811. The number of aliphatic hydroxyl groups excluding tert-OH is 1. The predicted molar refractivity (Wildman–Crippen MR) is 98.1 cm³/mol. The van der Waals surface area contributed by atoms with Crippen molar-refractivity contribution in [2.45, 2.75) is 64.5 Å². The molecular weight excluding hydrogens is 331 g/mol. The van der Waals surface area contributed by atoms with E-state index in [-0.39, 0.29) is 35.6 Å². The predicted octanol–water partition coefficient (Wildman–Crippen LogP) is 4.36. The van der Waals surface area contributed by atoms with Crippen molar-refractivity contribution in [1.29, 1.82) is 0 Å². The number of hydrogen-bond donors (Lipinski definition) is 1. The van der Waals surface area contributed by atoms with Crippen LogP contribution in [0.4, 0.5) is 4.39 Å². The van der Waals surface area contributed by atoms with Crippen LogP contribution in [0.3, 0.4) is 0 Å². The molecule has 0 aromatic carbocycles. The van der Waals surface area contributed by atoms with E-state index in [1.807, 2.05) is 0 Å². The van der Waals surface area contributed by atoms with Crippen molar-refractivity contribution >= 4 is 5.78 Å². The van der Waals surface area contributed by atoms with Crippen LogP contribution in [0.2, 0.25) is 0 Å². The largest absolute Gasteiger partial charge is 0.501 e. The van der Waals surface area contributed by atoms with Crippen LogP contribution in [0.5, 0.6) is 0 Å². The van der Waals surface area contributed by atoms with Crippen LogP contribution >= 0.6 is 0 Å². The van der Waals surface area contributed by atoms with Gasteiger partial charge in [0, 0.05) is 23.7 Å². The van der Waals surface area contributed by atoms with Gasteiger partial charge < -0.3 is 9.84 Å². The van der Waals surface area contributed by atoms with Gasteiger partial charge in [0.05, 0.1) is 12.9 Å². The van der Waals surface area contributed by atoms with Gasteiger partial charge in [-0.15, -0.1) is 0 Å². The van der Waals surface area contributed by atoms with Crippen molar-refractivity contribution in [2.24, 2.45) is 28.6 Å². The lowest BCUT2D eigenvalue weighted by Crippen LogP contribution is -2.60. The molecule has 4 heteroatoms. The Kier molecular flexibility index (Phi) is 4.15. The normalized spacial score (nSPS) is 47.2. The van der Waals surface area contributed by atoms with Gasteiger partial charge in [0.1, 0.15) is 12.3 Å². The SMILES string of the molecule is COC1=CC2=CC[C@H]3[C@@H]4CC[C@H](C(=O)CO)[C@@]4(C)CC[C@]3(F)[C@@]2(C)CC1. The summed E-state index contributed by atoms with van der Waals surface area (Å²) in [5, 5.41) is 9.38. The maximum Gasteiger partial charge on any atom is 0.161 e. The molecule has 26 heavy (non-hydrogen) atoms. The number of rotatable bonds is 3. The van der Waals surface area contributed by atoms with Crippen molar-refractivity contribution in [3.05, 3.63) is 23.5 Å². The Morgan fingerprint density at radius 1 is 1.27 bits per heavy atom. The number of fused-ring (bicyclic) bond motifs is 5. The van der Waals surface area contributed by atoms with Gasteiger partial charge in [-0.25, -0.2) is 4.39 Å². The third-order valence-electron chi connectivity index (χ3n) is 8.65. The molecule has 4 aliphatic carbocycles. The molecule has 2 saturated carbocycles. The van der Waals surface area contributed by atoms with Crippen molar-refractivity contribution in [3.63, 3.8) is 0 Å². The topological polar surface area (TPSA) is 46.5 Å². The fourth-order valence-electron chi connectivity index (χ4n) is 6.98. The highest BCUT2D eigenvalue weighted by molar-refractivity contribution is 5.83. The zero-order valence-electron chi connectivity index (χ0n) is 16.2. The monoisotopic (exact) mass is 362 g/mol. The fraction of sp³-hybridized carbons (Fsp3) is 0.773. The minimum Gasteiger partial charge on any atom is -0.501 e. The summed E-state index contributed by atoms with van der Waals surface area (Å²) in [6.07, 6.45) is 9.57. The van der Waals surface area contributed by atoms with Gasteiger partial charge in [-0.05, 0) is 61.5 Å². The molecular formula is C22H31FO3. The van der Waals surface area contributed by atoms with Crippen LogP contribution in [0.25, 0.3) is 0 Å². The first-order valence-corrected chi connectivity index (χ1v) is 10.1. The number of alkyl halides is 1. The third-order valence-corrected chi connectivity index (χ3v) is 8.65. The highest BCUT2D eigenvalue weighted by Gasteiger charge is 2.66. The first kappa shape index (κ1) is 18.2. The number of Topliss-reactive ketones (excluding diaryl/α,β-unsaturated/α-hetero) is 1. The van der Waals surface area contributed by atoms with Gasteiger partial charge in [-0.2, -0.15) is 0 Å². The van der Waals surface area contributed by atoms with Crippen molar-refractivity contribution in [3.8, 4) is 0 Å². The lowest BCUT2D eigenvalue weighted by molar-refractivity contribution is -0.145. The van der Waals surface area contributed by atoms with E-state index in [0.29, 0.717) is 6.42 Å². The number of ether oxygens (including phenoxy) is 1. The number of allylic oxidation sites excluding steroid dienone is 4. The second-order valence-corrected chi connectivity index (χ2v) is 9.38. The summed E-state index contributed by atoms with van der Waals surface area (Å²) in [5.41, 5.74) is -0.736. The smallest absolute Gasteiger partial charge is 0.161 e. The van der Waals surface area contributed by atoms with Crippen LogP contribution in [0, 0.1) is 28.6 Å². The second-order valence-electron chi connectivity index (χ2n) is 9.38. The minimum absolute atomic E-state index is 0.0241. The molecule has 4 rings (SSSR count). The minimum atomic E-state index is -1.21. The number of halogens is 1. The van der Waals surface area contributed by atoms with E-state index in [1.54, 1.807) is 7.11 Å². The molecule has 1 N–H and O–H groups in total. The van der Waals surface area contributed by atoms with E-state index in [0.717, 1.165) is 49.9 Å². The Balaban J connectivity index is 1.72. The standard InChI is InChI=1S/C22H31FO3/c1-20-10-11-22(23)17(16(20)6-7-18(20)19(25)13-24)5-4-14-12-15(26-3)8-9-21(14,22)2/h4,12,16-18,24H,5-11,13H2,1-3H3/t16-,17-,18+,20-,21-,22+/m0/s1. The molecule has 0 bridgehead atoms. The van der Waals surface area contributed by atoms with E-state index in [9.17, 15) is 9.90 Å². The average Bonchev–Trinajstić information content (AvgIpc) is 2.98. The number of carbonyl (C=O) groups excluding carboxylic acids is 1. The Morgan fingerprint density at radius 3 is 2.73 bits per heavy atom. The molecule has 0 unspecified atom stereocenters. The first-order chi connectivity index (χ1) is 12.3. The van der Waals surface area contributed by atoms with Crippen LogP contribution in [0.1, 0.15) is 58.8 Å². The number of methoxy groups -OCH3 is 1. The Bertz CT molecular complexity index is 683. The van der Waals surface area contributed by atoms with Gasteiger partial charge in [0.25, 0.3) is 0 Å². The van der Waals surface area contributed by atoms with E-state index in [1.165, 1.54) is 0 Å². The van der Waals surface area contributed by atoms with Gasteiger partial charge in [-0.3, -0.25) is 4.79 Å². The maximum absolute atomic E-state index is 16.7. The molecule has 2 fully saturated rings. The number of carbonyl (C=O) groups is 1. The average molecular weight is 362 g/mol. The van der Waals surface area contributed by atoms with Crippen LogP contribution in [-0.4, -0.2) is 30.3 Å². The number of aliphatic hydroxyl groups is 1. The second kappa shape index (κ2) is 5.92. The molecule has 0 amide bonds. The molecule has 6 atom stereocenters. The lowest BCUT2D eigenvalue weighted by atomic mass is 9.46. The summed E-state index contributed by atoms with van der Waals surface area (Å²) in [7, 11) is 1.69. The third kappa shape index (κ3) is 2.17. The summed E-state index contributed by atoms with van der Waals surface area (Å²) in [6, 6.07) is 0. The Labute approximate surface area is 155 Å². The highest BCUT2D eigenvalue weighted by atomic mass is 19.1. The van der Waals surface area contributed by atoms with E-state index in [4.69, 9.17) is 4.74 Å². The molecule has 0 saturated heterocycles. The van der Waals surface area contributed by atoms with Gasteiger partial charge >= 0.3 is 0 Å². The molecule has 0 aromatic rings. The molecule has 0 heterocycles. The van der Waals surface area contributed by atoms with Gasteiger partial charge in [-0.1, -0.05) is 19.9 Å². The molecule has 0 spiro atoms. The molecule has 0 aromatic heterocycles. The Morgan fingerprint density at radius 2 is 2.04 bits per heavy atom. The van der Waals surface area contributed by atoms with E-state index >= 15 is 4.39 Å². The summed E-state index contributed by atoms with van der Waals surface area (Å²) in [4.78, 5) is 12.3. The molecule has 3 nitrogen and oxygen atoms in total. The van der Waals surface area contributed by atoms with Crippen LogP contribution in [-0.2, 0) is 9.53 Å². The summed E-state index contributed by atoms with van der Waals surface area (Å²) in [6.45, 7) is 3.89. The summed E-state index contributed by atoms with van der Waals surface area (Å²) in [5.74, 6) is 0.996. The first-order valence-electron chi connectivity index (χ1n) is 10.1. The van der Waals surface area contributed by atoms with Crippen LogP contribution < -0.4 is 0 Å². The lowest BCUT2D eigenvalue weighted by Gasteiger charge is -2.60. The zero-order valence-corrected chi connectivity index (χ0v) is 16.2. The molecule has 0 radical (unpaired) electrons. The number of hydrogen-bond acceptors (Lipinski definition) is 3. The Hall–Kier alpha value is -1.16. The fourth-order valence-corrected chi connectivity index (χ4v) is 6.98. The highest BCUT2D eigenvalue weighted by Crippen LogP contribution is 2.68. The zero-order chi connectivity index (χ0) is 18.7. The maximum atomic E-state index is 16.7. The van der Waals surface area contributed by atoms with E-state index in [2.05, 4.69) is 26.0 Å².